The van der Waals surface area contributed by atoms with Crippen molar-refractivity contribution in [3.8, 4) is 0 Å². The highest BCUT2D eigenvalue weighted by atomic mass is 35.5. The molecule has 0 spiro atoms. The Morgan fingerprint density at radius 2 is 1.90 bits per heavy atom. The summed E-state index contributed by atoms with van der Waals surface area (Å²) < 4.78 is 0. The van der Waals surface area contributed by atoms with Crippen LogP contribution < -0.4 is 0 Å². The molecule has 0 atom stereocenters. The Labute approximate surface area is 126 Å². The monoisotopic (exact) mass is 304 g/mol. The van der Waals surface area contributed by atoms with Gasteiger partial charge in [-0.2, -0.15) is 0 Å². The fourth-order valence-electron chi connectivity index (χ4n) is 1.92. The lowest BCUT2D eigenvalue weighted by Crippen LogP contribution is -2.26. The van der Waals surface area contributed by atoms with E-state index in [1.165, 1.54) is 23.1 Å². The molecule has 0 aliphatic carbocycles. The summed E-state index contributed by atoms with van der Waals surface area (Å²) in [6.07, 6.45) is 0. The number of non-ortho nitro benzene ring substituents is 1. The fraction of sp³-hybridized carbons (Fsp3) is 0.133. The molecule has 0 radical (unpaired) electrons. The van der Waals surface area contributed by atoms with E-state index in [1.807, 2.05) is 6.07 Å². The molecule has 0 fully saturated rings. The molecular weight excluding hydrogens is 292 g/mol. The lowest BCUT2D eigenvalue weighted by molar-refractivity contribution is -0.384. The molecule has 21 heavy (non-hydrogen) atoms. The van der Waals surface area contributed by atoms with Gasteiger partial charge in [0.1, 0.15) is 0 Å². The van der Waals surface area contributed by atoms with Crippen molar-refractivity contribution in [1.29, 1.82) is 0 Å². The number of nitrogens with zero attached hydrogens (tertiary/aromatic N) is 2. The summed E-state index contributed by atoms with van der Waals surface area (Å²) in [6, 6.07) is 13.0. The minimum Gasteiger partial charge on any atom is -0.337 e. The Kier molecular flexibility index (Phi) is 4.55. The van der Waals surface area contributed by atoms with Crippen LogP contribution in [0, 0.1) is 10.1 Å². The normalized spacial score (nSPS) is 10.2. The number of benzene rings is 2. The molecule has 0 bridgehead atoms. The van der Waals surface area contributed by atoms with Gasteiger partial charge in [-0.05, 0) is 23.8 Å². The molecule has 108 valence electrons. The molecule has 0 unspecified atom stereocenters. The quantitative estimate of drug-likeness (QED) is 0.641. The van der Waals surface area contributed by atoms with E-state index in [-0.39, 0.29) is 18.1 Å². The highest BCUT2D eigenvalue weighted by Gasteiger charge is 2.15. The molecule has 6 heteroatoms. The van der Waals surface area contributed by atoms with E-state index in [4.69, 9.17) is 11.6 Å². The van der Waals surface area contributed by atoms with Crippen molar-refractivity contribution in [3.63, 3.8) is 0 Å². The van der Waals surface area contributed by atoms with Crippen molar-refractivity contribution in [2.45, 2.75) is 6.54 Å². The second-order valence-corrected chi connectivity index (χ2v) is 4.97. The summed E-state index contributed by atoms with van der Waals surface area (Å²) in [7, 11) is 1.63. The lowest BCUT2D eigenvalue weighted by Gasteiger charge is -2.18. The number of carbonyl (C=O) groups is 1. The summed E-state index contributed by atoms with van der Waals surface area (Å²) >= 11 is 6.04. The number of halogens is 1. The van der Waals surface area contributed by atoms with Crippen LogP contribution in [0.4, 0.5) is 5.69 Å². The summed E-state index contributed by atoms with van der Waals surface area (Å²) in [5, 5.41) is 11.2. The SMILES string of the molecule is CN(Cc1cc([N+](=O)[O-])ccc1Cl)C(=O)c1ccccc1. The molecule has 1 amide bonds. The van der Waals surface area contributed by atoms with E-state index in [0.717, 1.165) is 0 Å². The average molecular weight is 305 g/mol. The number of amides is 1. The summed E-state index contributed by atoms with van der Waals surface area (Å²) in [4.78, 5) is 24.0. The van der Waals surface area contributed by atoms with E-state index in [9.17, 15) is 14.9 Å². The molecule has 2 rings (SSSR count). The van der Waals surface area contributed by atoms with E-state index in [2.05, 4.69) is 0 Å². The number of rotatable bonds is 4. The lowest BCUT2D eigenvalue weighted by atomic mass is 10.1. The van der Waals surface area contributed by atoms with Crippen LogP contribution in [0.25, 0.3) is 0 Å². The summed E-state index contributed by atoms with van der Waals surface area (Å²) in [5.74, 6) is -0.168. The maximum absolute atomic E-state index is 12.2. The number of nitro groups is 1. The van der Waals surface area contributed by atoms with Crippen molar-refractivity contribution >= 4 is 23.2 Å². The topological polar surface area (TPSA) is 63.4 Å². The zero-order valence-electron chi connectivity index (χ0n) is 11.3. The molecule has 0 aromatic heterocycles. The maximum atomic E-state index is 12.2. The first-order valence-corrected chi connectivity index (χ1v) is 6.60. The fourth-order valence-corrected chi connectivity index (χ4v) is 2.10. The van der Waals surface area contributed by atoms with E-state index in [1.54, 1.807) is 31.3 Å². The van der Waals surface area contributed by atoms with Gasteiger partial charge in [0.05, 0.1) is 4.92 Å². The van der Waals surface area contributed by atoms with Crippen molar-refractivity contribution < 1.29 is 9.72 Å². The maximum Gasteiger partial charge on any atom is 0.269 e. The van der Waals surface area contributed by atoms with Crippen LogP contribution in [0.2, 0.25) is 5.02 Å². The van der Waals surface area contributed by atoms with Crippen LogP contribution >= 0.6 is 11.6 Å². The van der Waals surface area contributed by atoms with Crippen LogP contribution in [0.5, 0.6) is 0 Å². The third kappa shape index (κ3) is 3.58. The van der Waals surface area contributed by atoms with Crippen molar-refractivity contribution in [1.82, 2.24) is 4.90 Å². The second kappa shape index (κ2) is 6.37. The highest BCUT2D eigenvalue weighted by molar-refractivity contribution is 6.31. The average Bonchev–Trinajstić information content (AvgIpc) is 2.49. The van der Waals surface area contributed by atoms with Gasteiger partial charge in [-0.15, -0.1) is 0 Å². The molecular formula is C15H13ClN2O3. The van der Waals surface area contributed by atoms with Crippen LogP contribution in [-0.4, -0.2) is 22.8 Å². The van der Waals surface area contributed by atoms with Gasteiger partial charge in [0.2, 0.25) is 0 Å². The Morgan fingerprint density at radius 1 is 1.24 bits per heavy atom. The van der Waals surface area contributed by atoms with Crippen LogP contribution in [0.15, 0.2) is 48.5 Å². The largest absolute Gasteiger partial charge is 0.337 e. The zero-order valence-corrected chi connectivity index (χ0v) is 12.1. The van der Waals surface area contributed by atoms with Gasteiger partial charge in [0.15, 0.2) is 0 Å². The standard InChI is InChI=1S/C15H13ClN2O3/c1-17(15(19)11-5-3-2-4-6-11)10-12-9-13(18(20)21)7-8-14(12)16/h2-9H,10H2,1H3. The van der Waals surface area contributed by atoms with Gasteiger partial charge in [-0.3, -0.25) is 14.9 Å². The summed E-state index contributed by atoms with van der Waals surface area (Å²) in [6.45, 7) is 0.203. The minimum absolute atomic E-state index is 0.0463. The Bertz CT molecular complexity index is 674. The first kappa shape index (κ1) is 15.0. The smallest absolute Gasteiger partial charge is 0.269 e. The van der Waals surface area contributed by atoms with Crippen molar-refractivity contribution in [2.75, 3.05) is 7.05 Å². The van der Waals surface area contributed by atoms with Crippen molar-refractivity contribution in [3.05, 3.63) is 74.8 Å². The van der Waals surface area contributed by atoms with Gasteiger partial charge < -0.3 is 4.90 Å². The number of hydrogen-bond donors (Lipinski definition) is 0. The van der Waals surface area contributed by atoms with Gasteiger partial charge in [0, 0.05) is 36.3 Å². The Balaban J connectivity index is 2.19. The van der Waals surface area contributed by atoms with E-state index in [0.29, 0.717) is 16.1 Å². The number of hydrogen-bond acceptors (Lipinski definition) is 3. The van der Waals surface area contributed by atoms with Gasteiger partial charge in [-0.25, -0.2) is 0 Å². The zero-order chi connectivity index (χ0) is 15.4. The van der Waals surface area contributed by atoms with E-state index >= 15 is 0 Å². The molecule has 2 aromatic carbocycles. The first-order valence-electron chi connectivity index (χ1n) is 6.22. The number of nitro benzene ring substituents is 1. The molecule has 0 heterocycles. The van der Waals surface area contributed by atoms with E-state index < -0.39 is 4.92 Å². The predicted molar refractivity (Wildman–Crippen MR) is 80.3 cm³/mol. The highest BCUT2D eigenvalue weighted by Crippen LogP contribution is 2.23. The Morgan fingerprint density at radius 3 is 2.52 bits per heavy atom. The van der Waals surface area contributed by atoms with Gasteiger partial charge in [0.25, 0.3) is 11.6 Å². The molecule has 0 aliphatic heterocycles. The molecule has 5 nitrogen and oxygen atoms in total. The molecule has 0 saturated carbocycles. The molecule has 0 N–H and O–H groups in total. The van der Waals surface area contributed by atoms with Crippen LogP contribution in [0.3, 0.4) is 0 Å². The predicted octanol–water partition coefficient (Wildman–Crippen LogP) is 3.52. The molecule has 0 saturated heterocycles. The molecule has 2 aromatic rings. The van der Waals surface area contributed by atoms with Crippen LogP contribution in [0.1, 0.15) is 15.9 Å². The third-order valence-corrected chi connectivity index (χ3v) is 3.38. The van der Waals surface area contributed by atoms with Crippen LogP contribution in [-0.2, 0) is 6.54 Å². The summed E-state index contributed by atoms with van der Waals surface area (Å²) in [5.41, 5.74) is 1.05. The number of carbonyl (C=O) groups excluding carboxylic acids is 1. The third-order valence-electron chi connectivity index (χ3n) is 3.02. The van der Waals surface area contributed by atoms with Gasteiger partial charge >= 0.3 is 0 Å². The minimum atomic E-state index is -0.487. The second-order valence-electron chi connectivity index (χ2n) is 4.56. The van der Waals surface area contributed by atoms with Gasteiger partial charge in [-0.1, -0.05) is 29.8 Å². The Hall–Kier alpha value is -2.40. The molecule has 0 aliphatic rings. The van der Waals surface area contributed by atoms with Crippen molar-refractivity contribution in [2.24, 2.45) is 0 Å². The first-order chi connectivity index (χ1) is 9.99.